The summed E-state index contributed by atoms with van der Waals surface area (Å²) in [5.41, 5.74) is 5.83. The summed E-state index contributed by atoms with van der Waals surface area (Å²) in [6.45, 7) is 2.16. The van der Waals surface area contributed by atoms with Crippen molar-refractivity contribution in [3.8, 4) is 0 Å². The number of nitrogens with zero attached hydrogens (tertiary/aromatic N) is 1. The first-order chi connectivity index (χ1) is 8.56. The van der Waals surface area contributed by atoms with Gasteiger partial charge < -0.3 is 15.5 Å². The molecule has 3 N–H and O–H groups in total. The van der Waals surface area contributed by atoms with E-state index in [2.05, 4.69) is 10.3 Å². The average molecular weight is 266 g/mol. The number of amides is 1. The van der Waals surface area contributed by atoms with Gasteiger partial charge in [-0.3, -0.25) is 4.79 Å². The third-order valence-electron chi connectivity index (χ3n) is 2.35. The minimum Gasteiger partial charge on any atom is -0.465 e. The fraction of sp³-hybridized carbons (Fsp3) is 0.167. The topological polar surface area (TPSA) is 81.2 Å². The fourth-order valence-corrected chi connectivity index (χ4v) is 1.59. The number of carbonyl (C=O) groups is 1. The lowest BCUT2D eigenvalue weighted by Gasteiger charge is -2.04. The molecule has 1 amide bonds. The van der Waals surface area contributed by atoms with E-state index in [0.29, 0.717) is 17.9 Å². The number of hydrogen-bond donors (Lipinski definition) is 2. The van der Waals surface area contributed by atoms with E-state index in [9.17, 15) is 4.79 Å². The highest BCUT2D eigenvalue weighted by molar-refractivity contribution is 6.33. The number of nitrogen functional groups attached to an aromatic ring is 1. The molecule has 2 rings (SSSR count). The lowest BCUT2D eigenvalue weighted by molar-refractivity contribution is 0.0947. The SMILES string of the molecule is Cc1ccc(CNC(=O)c2cnc(N)c(Cl)c2)o1. The van der Waals surface area contributed by atoms with Crippen LogP contribution in [0.4, 0.5) is 5.82 Å². The smallest absolute Gasteiger partial charge is 0.253 e. The predicted octanol–water partition coefficient (Wildman–Crippen LogP) is 2.15. The summed E-state index contributed by atoms with van der Waals surface area (Å²) in [6, 6.07) is 5.12. The molecule has 0 atom stereocenters. The normalized spacial score (nSPS) is 10.3. The van der Waals surface area contributed by atoms with Crippen LogP contribution in [-0.2, 0) is 6.54 Å². The highest BCUT2D eigenvalue weighted by Gasteiger charge is 2.09. The first kappa shape index (κ1) is 12.4. The zero-order valence-electron chi connectivity index (χ0n) is 9.74. The summed E-state index contributed by atoms with van der Waals surface area (Å²) in [6.07, 6.45) is 1.38. The van der Waals surface area contributed by atoms with Crippen LogP contribution in [0, 0.1) is 6.92 Å². The second-order valence-electron chi connectivity index (χ2n) is 3.79. The number of aryl methyl sites for hydroxylation is 1. The van der Waals surface area contributed by atoms with E-state index in [1.807, 2.05) is 19.1 Å². The van der Waals surface area contributed by atoms with Crippen molar-refractivity contribution in [2.75, 3.05) is 5.73 Å². The summed E-state index contributed by atoms with van der Waals surface area (Å²) in [5, 5.41) is 2.96. The molecular formula is C12H12ClN3O2. The maximum absolute atomic E-state index is 11.8. The third kappa shape index (κ3) is 2.81. The molecule has 18 heavy (non-hydrogen) atoms. The monoisotopic (exact) mass is 265 g/mol. The molecule has 0 saturated heterocycles. The zero-order valence-corrected chi connectivity index (χ0v) is 10.5. The Morgan fingerprint density at radius 3 is 2.94 bits per heavy atom. The Labute approximate surface area is 109 Å². The van der Waals surface area contributed by atoms with Crippen molar-refractivity contribution in [1.82, 2.24) is 10.3 Å². The van der Waals surface area contributed by atoms with Gasteiger partial charge in [0.15, 0.2) is 0 Å². The second-order valence-corrected chi connectivity index (χ2v) is 4.19. The van der Waals surface area contributed by atoms with E-state index in [1.54, 1.807) is 0 Å². The van der Waals surface area contributed by atoms with E-state index in [-0.39, 0.29) is 16.7 Å². The van der Waals surface area contributed by atoms with Gasteiger partial charge in [-0.25, -0.2) is 4.98 Å². The standard InChI is InChI=1S/C12H12ClN3O2/c1-7-2-3-9(18-7)6-16-12(17)8-4-10(13)11(14)15-5-8/h2-5H,6H2,1H3,(H2,14,15)(H,16,17). The quantitative estimate of drug-likeness (QED) is 0.891. The number of carbonyl (C=O) groups excluding carboxylic acids is 1. The summed E-state index contributed by atoms with van der Waals surface area (Å²) in [5.74, 6) is 1.42. The minimum atomic E-state index is -0.279. The molecule has 0 fully saturated rings. The van der Waals surface area contributed by atoms with Gasteiger partial charge in [-0.15, -0.1) is 0 Å². The third-order valence-corrected chi connectivity index (χ3v) is 2.65. The van der Waals surface area contributed by atoms with E-state index in [1.165, 1.54) is 12.3 Å². The molecule has 6 heteroatoms. The van der Waals surface area contributed by atoms with Crippen molar-refractivity contribution in [3.63, 3.8) is 0 Å². The highest BCUT2D eigenvalue weighted by Crippen LogP contribution is 2.16. The van der Waals surface area contributed by atoms with Crippen molar-refractivity contribution in [3.05, 3.63) is 46.5 Å². The van der Waals surface area contributed by atoms with Crippen LogP contribution in [0.5, 0.6) is 0 Å². The fourth-order valence-electron chi connectivity index (χ4n) is 1.42. The summed E-state index contributed by atoms with van der Waals surface area (Å²) < 4.78 is 5.34. The molecule has 0 aliphatic carbocycles. The van der Waals surface area contributed by atoms with Gasteiger partial charge in [-0.2, -0.15) is 0 Å². The van der Waals surface area contributed by atoms with Gasteiger partial charge in [0.2, 0.25) is 0 Å². The van der Waals surface area contributed by atoms with Gasteiger partial charge in [0.05, 0.1) is 17.1 Å². The lowest BCUT2D eigenvalue weighted by atomic mass is 10.2. The predicted molar refractivity (Wildman–Crippen MR) is 68.3 cm³/mol. The zero-order chi connectivity index (χ0) is 13.1. The minimum absolute atomic E-state index is 0.204. The molecule has 0 aliphatic rings. The van der Waals surface area contributed by atoms with Gasteiger partial charge in [-0.1, -0.05) is 11.6 Å². The van der Waals surface area contributed by atoms with Crippen molar-refractivity contribution >= 4 is 23.3 Å². The van der Waals surface area contributed by atoms with Crippen LogP contribution < -0.4 is 11.1 Å². The van der Waals surface area contributed by atoms with Crippen LogP contribution >= 0.6 is 11.6 Å². The maximum Gasteiger partial charge on any atom is 0.253 e. The molecule has 0 unspecified atom stereocenters. The van der Waals surface area contributed by atoms with Crippen molar-refractivity contribution in [1.29, 1.82) is 0 Å². The Kier molecular flexibility index (Phi) is 3.53. The number of nitrogens with one attached hydrogen (secondary N) is 1. The maximum atomic E-state index is 11.8. The second kappa shape index (κ2) is 5.10. The van der Waals surface area contributed by atoms with Crippen molar-refractivity contribution in [2.45, 2.75) is 13.5 Å². The largest absolute Gasteiger partial charge is 0.465 e. The molecule has 0 saturated carbocycles. The van der Waals surface area contributed by atoms with Gasteiger partial charge in [0, 0.05) is 6.20 Å². The van der Waals surface area contributed by atoms with Crippen LogP contribution in [0.3, 0.4) is 0 Å². The number of anilines is 1. The molecule has 0 aromatic carbocycles. The molecule has 94 valence electrons. The Bertz CT molecular complexity index is 580. The Hall–Kier alpha value is -2.01. The summed E-state index contributed by atoms with van der Waals surface area (Å²) in [7, 11) is 0. The Morgan fingerprint density at radius 2 is 2.33 bits per heavy atom. The first-order valence-corrected chi connectivity index (χ1v) is 5.68. The number of aromatic nitrogens is 1. The number of pyridine rings is 1. The van der Waals surface area contributed by atoms with Gasteiger partial charge in [0.25, 0.3) is 5.91 Å². The van der Waals surface area contributed by atoms with E-state index >= 15 is 0 Å². The molecule has 0 spiro atoms. The number of rotatable bonds is 3. The molecule has 2 heterocycles. The molecule has 5 nitrogen and oxygen atoms in total. The van der Waals surface area contributed by atoms with Crippen LogP contribution in [0.15, 0.2) is 28.8 Å². The van der Waals surface area contributed by atoms with Gasteiger partial charge in [-0.05, 0) is 25.1 Å². The first-order valence-electron chi connectivity index (χ1n) is 5.31. The van der Waals surface area contributed by atoms with Crippen LogP contribution in [0.1, 0.15) is 21.9 Å². The molecule has 2 aromatic rings. The van der Waals surface area contributed by atoms with E-state index in [4.69, 9.17) is 21.8 Å². The number of nitrogens with two attached hydrogens (primary N) is 1. The molecule has 0 radical (unpaired) electrons. The molecular weight excluding hydrogens is 254 g/mol. The molecule has 2 aromatic heterocycles. The highest BCUT2D eigenvalue weighted by atomic mass is 35.5. The van der Waals surface area contributed by atoms with Crippen molar-refractivity contribution in [2.24, 2.45) is 0 Å². The average Bonchev–Trinajstić information content (AvgIpc) is 2.75. The number of hydrogen-bond acceptors (Lipinski definition) is 4. The van der Waals surface area contributed by atoms with Gasteiger partial charge >= 0.3 is 0 Å². The molecule has 0 bridgehead atoms. The van der Waals surface area contributed by atoms with Crippen LogP contribution in [0.25, 0.3) is 0 Å². The Morgan fingerprint density at radius 1 is 1.56 bits per heavy atom. The summed E-state index contributed by atoms with van der Waals surface area (Å²) >= 11 is 5.79. The van der Waals surface area contributed by atoms with Crippen LogP contribution in [-0.4, -0.2) is 10.9 Å². The van der Waals surface area contributed by atoms with Crippen LogP contribution in [0.2, 0.25) is 5.02 Å². The van der Waals surface area contributed by atoms with Crippen molar-refractivity contribution < 1.29 is 9.21 Å². The number of furan rings is 1. The van der Waals surface area contributed by atoms with Gasteiger partial charge in [0.1, 0.15) is 17.3 Å². The number of halogens is 1. The molecule has 0 aliphatic heterocycles. The summed E-state index contributed by atoms with van der Waals surface area (Å²) in [4.78, 5) is 15.6. The lowest BCUT2D eigenvalue weighted by Crippen LogP contribution is -2.22. The van der Waals surface area contributed by atoms with E-state index < -0.39 is 0 Å². The van der Waals surface area contributed by atoms with E-state index in [0.717, 1.165) is 5.76 Å². The Balaban J connectivity index is 2.01.